The molecule has 0 radical (unpaired) electrons. The van der Waals surface area contributed by atoms with E-state index in [0.29, 0.717) is 5.92 Å². The highest BCUT2D eigenvalue weighted by Crippen LogP contribution is 2.35. The van der Waals surface area contributed by atoms with Gasteiger partial charge in [0.05, 0.1) is 17.4 Å². The monoisotopic (exact) mass is 400 g/mol. The SMILES string of the molecule is c1csc(-c2ccnc3[nH]c(-c4n[nH]c5cnc(C6CCNCC6)cc45)cc23)c1. The molecule has 29 heavy (non-hydrogen) atoms. The molecule has 5 aromatic heterocycles. The zero-order valence-electron chi connectivity index (χ0n) is 15.8. The highest BCUT2D eigenvalue weighted by atomic mass is 32.1. The lowest BCUT2D eigenvalue weighted by Gasteiger charge is -2.22. The smallest absolute Gasteiger partial charge is 0.138 e. The van der Waals surface area contributed by atoms with Crippen molar-refractivity contribution >= 4 is 33.3 Å². The van der Waals surface area contributed by atoms with E-state index in [9.17, 15) is 0 Å². The van der Waals surface area contributed by atoms with E-state index in [0.717, 1.165) is 64.9 Å². The molecule has 0 unspecified atom stereocenters. The summed E-state index contributed by atoms with van der Waals surface area (Å²) in [5.41, 5.74) is 6.11. The van der Waals surface area contributed by atoms with E-state index in [1.54, 1.807) is 11.3 Å². The van der Waals surface area contributed by atoms with Crippen molar-refractivity contribution in [3.05, 3.63) is 53.8 Å². The van der Waals surface area contributed by atoms with Gasteiger partial charge < -0.3 is 10.3 Å². The maximum atomic E-state index is 4.71. The molecule has 1 saturated heterocycles. The van der Waals surface area contributed by atoms with E-state index < -0.39 is 0 Å². The Balaban J connectivity index is 1.48. The summed E-state index contributed by atoms with van der Waals surface area (Å²) in [7, 11) is 0. The van der Waals surface area contributed by atoms with Gasteiger partial charge in [-0.05, 0) is 55.6 Å². The molecule has 5 aromatic rings. The van der Waals surface area contributed by atoms with Crippen molar-refractivity contribution in [2.45, 2.75) is 18.8 Å². The first-order valence-corrected chi connectivity index (χ1v) is 10.8. The lowest BCUT2D eigenvalue weighted by Crippen LogP contribution is -2.27. The van der Waals surface area contributed by atoms with Gasteiger partial charge in [-0.2, -0.15) is 5.10 Å². The molecule has 0 aromatic carbocycles. The van der Waals surface area contributed by atoms with E-state index >= 15 is 0 Å². The van der Waals surface area contributed by atoms with Crippen molar-refractivity contribution in [3.8, 4) is 21.8 Å². The van der Waals surface area contributed by atoms with Gasteiger partial charge in [-0.3, -0.25) is 10.1 Å². The second-order valence-electron chi connectivity index (χ2n) is 7.53. The number of rotatable bonds is 3. The summed E-state index contributed by atoms with van der Waals surface area (Å²) in [6, 6.07) is 10.7. The van der Waals surface area contributed by atoms with Gasteiger partial charge in [0.1, 0.15) is 11.3 Å². The van der Waals surface area contributed by atoms with E-state index in [1.165, 1.54) is 10.4 Å². The predicted molar refractivity (Wildman–Crippen MR) is 117 cm³/mol. The van der Waals surface area contributed by atoms with Crippen LogP contribution in [0.5, 0.6) is 0 Å². The third kappa shape index (κ3) is 2.85. The first-order valence-electron chi connectivity index (χ1n) is 9.93. The van der Waals surface area contributed by atoms with Crippen LogP contribution in [0, 0.1) is 0 Å². The quantitative estimate of drug-likeness (QED) is 0.410. The van der Waals surface area contributed by atoms with Gasteiger partial charge in [-0.15, -0.1) is 11.3 Å². The molecule has 6 rings (SSSR count). The Hall–Kier alpha value is -3.03. The molecule has 0 aliphatic carbocycles. The number of aromatic nitrogens is 5. The van der Waals surface area contributed by atoms with E-state index in [-0.39, 0.29) is 0 Å². The average molecular weight is 401 g/mol. The molecule has 0 atom stereocenters. The van der Waals surface area contributed by atoms with Crippen LogP contribution in [0.3, 0.4) is 0 Å². The standard InChI is InChI=1S/C22H20N6S/c1-2-20(29-9-1)14-5-8-24-22-15(14)10-18(26-22)21-16-11-17(13-3-6-23-7-4-13)25-12-19(16)27-28-21/h1-2,5,8-13,23H,3-4,6-7H2,(H,24,26)(H,27,28). The van der Waals surface area contributed by atoms with Gasteiger partial charge in [0, 0.05) is 39.0 Å². The molecule has 1 aliphatic heterocycles. The second kappa shape index (κ2) is 6.79. The van der Waals surface area contributed by atoms with Gasteiger partial charge in [-0.1, -0.05) is 6.07 Å². The number of H-pyrrole nitrogens is 2. The van der Waals surface area contributed by atoms with E-state index in [4.69, 9.17) is 4.98 Å². The van der Waals surface area contributed by atoms with Crippen molar-refractivity contribution in [2.75, 3.05) is 13.1 Å². The highest BCUT2D eigenvalue weighted by Gasteiger charge is 2.19. The molecule has 0 amide bonds. The number of nitrogens with zero attached hydrogens (tertiary/aromatic N) is 3. The Bertz CT molecular complexity index is 1290. The van der Waals surface area contributed by atoms with E-state index in [1.807, 2.05) is 12.4 Å². The van der Waals surface area contributed by atoms with Crippen molar-refractivity contribution in [2.24, 2.45) is 0 Å². The normalized spacial score (nSPS) is 15.4. The molecular formula is C22H20N6S. The lowest BCUT2D eigenvalue weighted by atomic mass is 9.93. The number of thiophene rings is 1. The minimum absolute atomic E-state index is 0.512. The number of hydrogen-bond donors (Lipinski definition) is 3. The number of hydrogen-bond acceptors (Lipinski definition) is 5. The summed E-state index contributed by atoms with van der Waals surface area (Å²) in [6.07, 6.45) is 6.04. The fourth-order valence-corrected chi connectivity index (χ4v) is 5.05. The molecular weight excluding hydrogens is 380 g/mol. The minimum atomic E-state index is 0.512. The zero-order valence-corrected chi connectivity index (χ0v) is 16.6. The van der Waals surface area contributed by atoms with Crippen LogP contribution in [0.1, 0.15) is 24.5 Å². The van der Waals surface area contributed by atoms with Crippen LogP contribution in [-0.2, 0) is 0 Å². The van der Waals surface area contributed by atoms with E-state index in [2.05, 4.69) is 61.2 Å². The molecule has 6 nitrogen and oxygen atoms in total. The van der Waals surface area contributed by atoms with Crippen molar-refractivity contribution < 1.29 is 0 Å². The molecule has 0 spiro atoms. The zero-order chi connectivity index (χ0) is 19.2. The van der Waals surface area contributed by atoms with Gasteiger partial charge in [0.2, 0.25) is 0 Å². The van der Waals surface area contributed by atoms with Crippen LogP contribution in [-0.4, -0.2) is 38.2 Å². The molecule has 0 bridgehead atoms. The van der Waals surface area contributed by atoms with Crippen LogP contribution >= 0.6 is 11.3 Å². The largest absolute Gasteiger partial charge is 0.338 e. The molecule has 1 fully saturated rings. The summed E-state index contributed by atoms with van der Waals surface area (Å²) < 4.78 is 0. The number of fused-ring (bicyclic) bond motifs is 2. The number of nitrogens with one attached hydrogen (secondary N) is 3. The molecule has 1 aliphatic rings. The van der Waals surface area contributed by atoms with Gasteiger partial charge in [0.25, 0.3) is 0 Å². The summed E-state index contributed by atoms with van der Waals surface area (Å²) in [5, 5.41) is 15.5. The van der Waals surface area contributed by atoms with Crippen LogP contribution in [0.15, 0.2) is 48.1 Å². The predicted octanol–water partition coefficient (Wildman–Crippen LogP) is 4.70. The van der Waals surface area contributed by atoms with Gasteiger partial charge >= 0.3 is 0 Å². The Morgan fingerprint density at radius 1 is 1.03 bits per heavy atom. The van der Waals surface area contributed by atoms with Gasteiger partial charge in [-0.25, -0.2) is 4.98 Å². The summed E-state index contributed by atoms with van der Waals surface area (Å²) >= 11 is 1.74. The molecule has 6 heterocycles. The molecule has 3 N–H and O–H groups in total. The summed E-state index contributed by atoms with van der Waals surface area (Å²) in [5.74, 6) is 0.512. The number of piperidine rings is 1. The third-order valence-corrected chi connectivity index (χ3v) is 6.70. The highest BCUT2D eigenvalue weighted by molar-refractivity contribution is 7.13. The van der Waals surface area contributed by atoms with Crippen molar-refractivity contribution in [1.82, 2.24) is 30.5 Å². The Morgan fingerprint density at radius 3 is 2.83 bits per heavy atom. The van der Waals surface area contributed by atoms with Crippen molar-refractivity contribution in [3.63, 3.8) is 0 Å². The fraction of sp³-hybridized carbons (Fsp3) is 0.227. The summed E-state index contributed by atoms with van der Waals surface area (Å²) in [6.45, 7) is 2.11. The second-order valence-corrected chi connectivity index (χ2v) is 8.48. The average Bonchev–Trinajstić information content (AvgIpc) is 3.52. The topological polar surface area (TPSA) is 82.3 Å². The lowest BCUT2D eigenvalue weighted by molar-refractivity contribution is 0.453. The van der Waals surface area contributed by atoms with Gasteiger partial charge in [0.15, 0.2) is 0 Å². The molecule has 0 saturated carbocycles. The van der Waals surface area contributed by atoms with Crippen LogP contribution in [0.25, 0.3) is 43.8 Å². The first kappa shape index (κ1) is 16.9. The van der Waals surface area contributed by atoms with Crippen LogP contribution < -0.4 is 5.32 Å². The van der Waals surface area contributed by atoms with Crippen LogP contribution in [0.4, 0.5) is 0 Å². The van der Waals surface area contributed by atoms with Crippen LogP contribution in [0.2, 0.25) is 0 Å². The molecule has 7 heteroatoms. The molecule has 144 valence electrons. The number of aromatic amines is 2. The number of pyridine rings is 2. The Morgan fingerprint density at radius 2 is 1.97 bits per heavy atom. The Kier molecular flexibility index (Phi) is 3.95. The Labute approximate surface area is 171 Å². The third-order valence-electron chi connectivity index (χ3n) is 5.80. The maximum Gasteiger partial charge on any atom is 0.138 e. The minimum Gasteiger partial charge on any atom is -0.338 e. The first-order chi connectivity index (χ1) is 14.4. The summed E-state index contributed by atoms with van der Waals surface area (Å²) in [4.78, 5) is 14.0. The fourth-order valence-electron chi connectivity index (χ4n) is 4.28. The van der Waals surface area contributed by atoms with Crippen molar-refractivity contribution in [1.29, 1.82) is 0 Å². The maximum absolute atomic E-state index is 4.71.